The van der Waals surface area contributed by atoms with Gasteiger partial charge < -0.3 is 25.0 Å². The number of nitriles is 1. The van der Waals surface area contributed by atoms with Gasteiger partial charge >= 0.3 is 0 Å². The molecule has 4 rings (SSSR count). The predicted octanol–water partition coefficient (Wildman–Crippen LogP) is 0.726. The van der Waals surface area contributed by atoms with Gasteiger partial charge in [0, 0.05) is 49.3 Å². The van der Waals surface area contributed by atoms with E-state index in [4.69, 9.17) is 10.00 Å². The summed E-state index contributed by atoms with van der Waals surface area (Å²) >= 11 is 0. The zero-order chi connectivity index (χ0) is 22.1. The Morgan fingerprint density at radius 3 is 2.84 bits per heavy atom. The molecule has 0 saturated heterocycles. The molecular formula is C23H30N4O4. The molecule has 31 heavy (non-hydrogen) atoms. The number of aliphatic hydroxyl groups is 1. The number of pyridine rings is 1. The van der Waals surface area contributed by atoms with Gasteiger partial charge in [0.05, 0.1) is 12.2 Å². The maximum atomic E-state index is 12.7. The van der Waals surface area contributed by atoms with Crippen LogP contribution in [0.25, 0.3) is 0 Å². The number of nitrogens with one attached hydrogen (secondary N) is 2. The molecule has 8 heteroatoms. The van der Waals surface area contributed by atoms with Crippen molar-refractivity contribution in [3.05, 3.63) is 45.4 Å². The SMILES string of the molecule is C[C@H](NCc1ccc(C#N)n(C)c1=O)C1=CC2CC(O)C(OCC3CC3)CC2NC1=O. The highest BCUT2D eigenvalue weighted by Crippen LogP contribution is 2.34. The molecule has 3 aliphatic rings. The largest absolute Gasteiger partial charge is 0.390 e. The molecule has 1 aromatic heterocycles. The number of nitrogens with zero attached hydrogens (tertiary/aromatic N) is 2. The highest BCUT2D eigenvalue weighted by atomic mass is 16.5. The molecule has 2 saturated carbocycles. The lowest BCUT2D eigenvalue weighted by molar-refractivity contribution is -0.122. The second-order valence-corrected chi connectivity index (χ2v) is 9.04. The van der Waals surface area contributed by atoms with Crippen molar-refractivity contribution >= 4 is 5.91 Å². The van der Waals surface area contributed by atoms with Crippen LogP contribution in [0.5, 0.6) is 0 Å². The first kappa shape index (κ1) is 21.8. The van der Waals surface area contributed by atoms with Crippen molar-refractivity contribution in [1.29, 1.82) is 5.26 Å². The van der Waals surface area contributed by atoms with Gasteiger partial charge in [-0.15, -0.1) is 0 Å². The monoisotopic (exact) mass is 426 g/mol. The highest BCUT2D eigenvalue weighted by molar-refractivity contribution is 5.95. The summed E-state index contributed by atoms with van der Waals surface area (Å²) in [4.78, 5) is 25.1. The van der Waals surface area contributed by atoms with Crippen LogP contribution in [-0.4, -0.2) is 46.5 Å². The number of carbonyl (C=O) groups is 1. The fourth-order valence-electron chi connectivity index (χ4n) is 4.46. The van der Waals surface area contributed by atoms with Gasteiger partial charge in [0.15, 0.2) is 0 Å². The lowest BCUT2D eigenvalue weighted by Crippen LogP contribution is -2.54. The second-order valence-electron chi connectivity index (χ2n) is 9.04. The van der Waals surface area contributed by atoms with E-state index < -0.39 is 6.10 Å². The Labute approximate surface area is 181 Å². The molecule has 2 heterocycles. The van der Waals surface area contributed by atoms with Crippen LogP contribution in [-0.2, 0) is 23.1 Å². The normalized spacial score (nSPS) is 28.8. The fraction of sp³-hybridized carbons (Fsp3) is 0.609. The van der Waals surface area contributed by atoms with Crippen molar-refractivity contribution in [2.45, 2.75) is 63.4 Å². The lowest BCUT2D eigenvalue weighted by atomic mass is 9.77. The summed E-state index contributed by atoms with van der Waals surface area (Å²) in [6, 6.07) is 4.96. The Hall–Kier alpha value is -2.47. The van der Waals surface area contributed by atoms with E-state index in [9.17, 15) is 14.7 Å². The fourth-order valence-corrected chi connectivity index (χ4v) is 4.46. The number of aliphatic hydroxyl groups excluding tert-OH is 1. The molecule has 0 bridgehead atoms. The van der Waals surface area contributed by atoms with Crippen molar-refractivity contribution in [3.8, 4) is 6.07 Å². The summed E-state index contributed by atoms with van der Waals surface area (Å²) in [7, 11) is 1.57. The summed E-state index contributed by atoms with van der Waals surface area (Å²) in [5.74, 6) is 0.582. The van der Waals surface area contributed by atoms with Crippen LogP contribution in [0.15, 0.2) is 28.6 Å². The smallest absolute Gasteiger partial charge is 0.255 e. The Balaban J connectivity index is 1.39. The van der Waals surface area contributed by atoms with Gasteiger partial charge in [0.1, 0.15) is 11.8 Å². The second kappa shape index (κ2) is 8.95. The van der Waals surface area contributed by atoms with E-state index in [1.54, 1.807) is 19.2 Å². The van der Waals surface area contributed by atoms with Gasteiger partial charge in [-0.3, -0.25) is 9.59 Å². The summed E-state index contributed by atoms with van der Waals surface area (Å²) in [6.45, 7) is 2.88. The first-order valence-corrected chi connectivity index (χ1v) is 11.0. The molecular weight excluding hydrogens is 396 g/mol. The third-order valence-corrected chi connectivity index (χ3v) is 6.72. The average Bonchev–Trinajstić information content (AvgIpc) is 3.57. The molecule has 3 N–H and O–H groups in total. The molecule has 0 spiro atoms. The molecule has 1 aromatic rings. The topological polar surface area (TPSA) is 116 Å². The summed E-state index contributed by atoms with van der Waals surface area (Å²) in [6.07, 6.45) is 4.81. The first-order valence-electron chi connectivity index (χ1n) is 11.0. The highest BCUT2D eigenvalue weighted by Gasteiger charge is 2.41. The maximum Gasteiger partial charge on any atom is 0.255 e. The van der Waals surface area contributed by atoms with E-state index in [-0.39, 0.29) is 42.1 Å². The number of hydrogen-bond acceptors (Lipinski definition) is 6. The molecule has 0 aromatic carbocycles. The van der Waals surface area contributed by atoms with E-state index >= 15 is 0 Å². The van der Waals surface area contributed by atoms with Crippen molar-refractivity contribution in [1.82, 2.24) is 15.2 Å². The van der Waals surface area contributed by atoms with Crippen LogP contribution in [0.2, 0.25) is 0 Å². The van der Waals surface area contributed by atoms with Gasteiger partial charge in [-0.1, -0.05) is 6.08 Å². The number of rotatable bonds is 7. The van der Waals surface area contributed by atoms with Crippen molar-refractivity contribution in [3.63, 3.8) is 0 Å². The molecule has 0 radical (unpaired) electrons. The van der Waals surface area contributed by atoms with Gasteiger partial charge in [-0.05, 0) is 50.7 Å². The van der Waals surface area contributed by atoms with Gasteiger partial charge in [-0.2, -0.15) is 5.26 Å². The first-order chi connectivity index (χ1) is 14.9. The minimum Gasteiger partial charge on any atom is -0.390 e. The van der Waals surface area contributed by atoms with Crippen LogP contribution in [0.3, 0.4) is 0 Å². The van der Waals surface area contributed by atoms with Gasteiger partial charge in [0.25, 0.3) is 5.56 Å². The molecule has 4 unspecified atom stereocenters. The number of carbonyl (C=O) groups excluding carboxylic acids is 1. The third-order valence-electron chi connectivity index (χ3n) is 6.72. The van der Waals surface area contributed by atoms with E-state index in [0.717, 1.165) is 0 Å². The van der Waals surface area contributed by atoms with E-state index in [2.05, 4.69) is 10.6 Å². The predicted molar refractivity (Wildman–Crippen MR) is 114 cm³/mol. The van der Waals surface area contributed by atoms with Crippen molar-refractivity contribution in [2.24, 2.45) is 18.9 Å². The Morgan fingerprint density at radius 1 is 1.35 bits per heavy atom. The van der Waals surface area contributed by atoms with Crippen molar-refractivity contribution < 1.29 is 14.6 Å². The van der Waals surface area contributed by atoms with Crippen LogP contribution in [0.4, 0.5) is 0 Å². The van der Waals surface area contributed by atoms with E-state index in [1.807, 2.05) is 19.1 Å². The molecule has 166 valence electrons. The lowest BCUT2D eigenvalue weighted by Gasteiger charge is -2.41. The van der Waals surface area contributed by atoms with Crippen molar-refractivity contribution in [2.75, 3.05) is 6.61 Å². The van der Waals surface area contributed by atoms with Gasteiger partial charge in [-0.25, -0.2) is 0 Å². The Bertz CT molecular complexity index is 975. The standard InChI is InChI=1S/C23H30N4O4/c1-13(25-11-15-5-6-17(10-24)27(2)23(15)30)18-7-16-8-20(28)21(31-12-14-3-4-14)9-19(16)26-22(18)29/h5-7,13-14,16,19-21,25,28H,3-4,8-9,11-12H2,1-2H3,(H,26,29)/t13-,16?,19?,20?,21?/m0/s1. The number of fused-ring (bicyclic) bond motifs is 1. The molecule has 8 nitrogen and oxygen atoms in total. The quantitative estimate of drug-likeness (QED) is 0.592. The van der Waals surface area contributed by atoms with E-state index in [1.165, 1.54) is 17.4 Å². The summed E-state index contributed by atoms with van der Waals surface area (Å²) in [5, 5.41) is 25.9. The third kappa shape index (κ3) is 4.74. The number of aromatic nitrogens is 1. The molecule has 2 aliphatic carbocycles. The van der Waals surface area contributed by atoms with Crippen LogP contribution < -0.4 is 16.2 Å². The number of hydrogen-bond donors (Lipinski definition) is 3. The molecule has 1 aliphatic heterocycles. The minimum atomic E-state index is -0.530. The van der Waals surface area contributed by atoms with Gasteiger partial charge in [0.2, 0.25) is 5.91 Å². The van der Waals surface area contributed by atoms with Crippen LogP contribution in [0.1, 0.15) is 43.9 Å². The molecule has 1 amide bonds. The summed E-state index contributed by atoms with van der Waals surface area (Å²) < 4.78 is 7.24. The Morgan fingerprint density at radius 2 is 2.13 bits per heavy atom. The molecule has 2 fully saturated rings. The summed E-state index contributed by atoms with van der Waals surface area (Å²) in [5.41, 5.74) is 1.23. The number of ether oxygens (including phenoxy) is 1. The zero-order valence-corrected chi connectivity index (χ0v) is 18.0. The van der Waals surface area contributed by atoms with Crippen LogP contribution >= 0.6 is 0 Å². The Kier molecular flexibility index (Phi) is 6.28. The minimum absolute atomic E-state index is 0.0260. The van der Waals surface area contributed by atoms with E-state index in [0.29, 0.717) is 42.2 Å². The molecule has 5 atom stereocenters. The zero-order valence-electron chi connectivity index (χ0n) is 18.0. The number of amides is 1. The maximum absolute atomic E-state index is 12.7. The van der Waals surface area contributed by atoms with Crippen LogP contribution in [0, 0.1) is 23.2 Å². The average molecular weight is 427 g/mol.